The molecule has 0 radical (unpaired) electrons. The van der Waals surface area contributed by atoms with E-state index in [9.17, 15) is 9.59 Å². The fourth-order valence-electron chi connectivity index (χ4n) is 0.872. The number of nitrogens with one attached hydrogen (secondary N) is 2. The second-order valence-corrected chi connectivity index (χ2v) is 4.94. The first-order valence-corrected chi connectivity index (χ1v) is 6.54. The lowest BCUT2D eigenvalue weighted by Gasteiger charge is -2.08. The van der Waals surface area contributed by atoms with Gasteiger partial charge in [0.25, 0.3) is 0 Å². The van der Waals surface area contributed by atoms with Crippen LogP contribution in [0.4, 0.5) is 4.79 Å². The normalized spacial score (nSPS) is 11.9. The molecule has 0 fully saturated rings. The summed E-state index contributed by atoms with van der Waals surface area (Å²) in [7, 11) is 0. The maximum Gasteiger partial charge on any atom is 0.321 e. The van der Waals surface area contributed by atoms with Crippen LogP contribution >= 0.6 is 11.8 Å². The number of hydrogen-bond donors (Lipinski definition) is 3. The van der Waals surface area contributed by atoms with Gasteiger partial charge in [-0.05, 0) is 6.42 Å². The molecule has 0 heterocycles. The van der Waals surface area contributed by atoms with Crippen LogP contribution in [0.2, 0.25) is 0 Å². The van der Waals surface area contributed by atoms with Gasteiger partial charge in [0.1, 0.15) is 0 Å². The Morgan fingerprint density at radius 1 is 1.44 bits per heavy atom. The molecule has 0 aliphatic heterocycles. The lowest BCUT2D eigenvalue weighted by atomic mass is 10.3. The van der Waals surface area contributed by atoms with E-state index in [0.29, 0.717) is 13.1 Å². The fraction of sp³-hybridized carbons (Fsp3) is 0.800. The summed E-state index contributed by atoms with van der Waals surface area (Å²) in [5, 5.41) is 5.11. The molecule has 94 valence electrons. The highest BCUT2D eigenvalue weighted by molar-refractivity contribution is 8.00. The highest BCUT2D eigenvalue weighted by Crippen LogP contribution is 2.07. The molecule has 16 heavy (non-hydrogen) atoms. The van der Waals surface area contributed by atoms with E-state index < -0.39 is 6.03 Å². The molecule has 4 N–H and O–H groups in total. The molecule has 0 rings (SSSR count). The zero-order chi connectivity index (χ0) is 12.4. The van der Waals surface area contributed by atoms with Gasteiger partial charge in [-0.3, -0.25) is 10.1 Å². The van der Waals surface area contributed by atoms with Gasteiger partial charge in [-0.25, -0.2) is 4.79 Å². The number of imide groups is 1. The van der Waals surface area contributed by atoms with Crippen molar-refractivity contribution in [2.24, 2.45) is 5.73 Å². The predicted octanol–water partition coefficient (Wildman–Crippen LogP) is 0.693. The minimum absolute atomic E-state index is 0.230. The molecule has 0 aliphatic rings. The zero-order valence-corrected chi connectivity index (χ0v) is 10.7. The van der Waals surface area contributed by atoms with Crippen LogP contribution in [0.5, 0.6) is 0 Å². The second kappa shape index (κ2) is 9.47. The number of carbonyl (C=O) groups excluding carboxylic acids is 2. The first-order chi connectivity index (χ1) is 7.60. The summed E-state index contributed by atoms with van der Waals surface area (Å²) < 4.78 is 0. The van der Waals surface area contributed by atoms with Crippen LogP contribution in [0, 0.1) is 0 Å². The Morgan fingerprint density at radius 2 is 2.12 bits per heavy atom. The smallest absolute Gasteiger partial charge is 0.321 e. The van der Waals surface area contributed by atoms with Crippen molar-refractivity contribution in [2.75, 3.05) is 18.8 Å². The summed E-state index contributed by atoms with van der Waals surface area (Å²) in [5.41, 5.74) is 5.41. The van der Waals surface area contributed by atoms with Crippen LogP contribution in [0.1, 0.15) is 26.7 Å². The number of urea groups is 1. The lowest BCUT2D eigenvalue weighted by Crippen LogP contribution is -2.40. The van der Waals surface area contributed by atoms with E-state index in [0.717, 1.165) is 12.8 Å². The molecule has 1 atom stereocenters. The van der Waals surface area contributed by atoms with Gasteiger partial charge >= 0.3 is 6.03 Å². The quantitative estimate of drug-likeness (QED) is 0.578. The molecule has 5 nitrogen and oxygen atoms in total. The molecule has 0 saturated heterocycles. The van der Waals surface area contributed by atoms with Crippen molar-refractivity contribution in [1.82, 2.24) is 10.6 Å². The summed E-state index contributed by atoms with van der Waals surface area (Å²) in [6.07, 6.45) is 1.93. The third kappa shape index (κ3) is 8.55. The van der Waals surface area contributed by atoms with Gasteiger partial charge in [-0.2, -0.15) is 0 Å². The molecular weight excluding hydrogens is 226 g/mol. The van der Waals surface area contributed by atoms with Crippen molar-refractivity contribution < 1.29 is 9.59 Å². The first kappa shape index (κ1) is 15.2. The molecule has 0 aliphatic carbocycles. The van der Waals surface area contributed by atoms with E-state index in [1.807, 2.05) is 13.8 Å². The molecular formula is C10H21N3O2S. The molecule has 0 aromatic rings. The minimum Gasteiger partial charge on any atom is -0.338 e. The Bertz CT molecular complexity index is 224. The van der Waals surface area contributed by atoms with Crippen LogP contribution < -0.4 is 16.4 Å². The number of rotatable bonds is 7. The zero-order valence-electron chi connectivity index (χ0n) is 9.91. The Hall–Kier alpha value is -0.750. The molecule has 0 saturated carbocycles. The van der Waals surface area contributed by atoms with Crippen molar-refractivity contribution in [2.45, 2.75) is 31.9 Å². The summed E-state index contributed by atoms with van der Waals surface area (Å²) >= 11 is 1.44. The van der Waals surface area contributed by atoms with E-state index in [1.54, 1.807) is 0 Å². The van der Waals surface area contributed by atoms with Gasteiger partial charge in [0.2, 0.25) is 5.91 Å². The highest BCUT2D eigenvalue weighted by atomic mass is 32.2. The van der Waals surface area contributed by atoms with Crippen molar-refractivity contribution in [3.63, 3.8) is 0 Å². The average Bonchev–Trinajstić information content (AvgIpc) is 2.26. The Labute approximate surface area is 101 Å². The summed E-state index contributed by atoms with van der Waals surface area (Å²) in [6, 6.07) is -0.417. The van der Waals surface area contributed by atoms with Crippen LogP contribution in [0.15, 0.2) is 0 Å². The van der Waals surface area contributed by atoms with Gasteiger partial charge in [-0.15, -0.1) is 11.8 Å². The maximum atomic E-state index is 11.3. The van der Waals surface area contributed by atoms with Crippen molar-refractivity contribution in [3.8, 4) is 0 Å². The topological polar surface area (TPSA) is 84.2 Å². The first-order valence-electron chi connectivity index (χ1n) is 5.49. The van der Waals surface area contributed by atoms with Gasteiger partial charge in [0.15, 0.2) is 0 Å². The molecule has 0 aromatic heterocycles. The van der Waals surface area contributed by atoms with Gasteiger partial charge in [0, 0.05) is 18.3 Å². The largest absolute Gasteiger partial charge is 0.338 e. The average molecular weight is 247 g/mol. The predicted molar refractivity (Wildman–Crippen MR) is 67.4 cm³/mol. The van der Waals surface area contributed by atoms with E-state index in [1.165, 1.54) is 11.8 Å². The van der Waals surface area contributed by atoms with E-state index in [-0.39, 0.29) is 16.9 Å². The highest BCUT2D eigenvalue weighted by Gasteiger charge is 2.08. The van der Waals surface area contributed by atoms with Crippen molar-refractivity contribution in [1.29, 1.82) is 0 Å². The maximum absolute atomic E-state index is 11.3. The Kier molecular flexibility index (Phi) is 9.03. The second-order valence-electron chi connectivity index (χ2n) is 3.51. The molecule has 0 bridgehead atoms. The van der Waals surface area contributed by atoms with Crippen LogP contribution in [-0.4, -0.2) is 36.0 Å². The monoisotopic (exact) mass is 247 g/mol. The number of amides is 3. The van der Waals surface area contributed by atoms with Crippen LogP contribution in [0.3, 0.4) is 0 Å². The Balaban J connectivity index is 3.58. The fourth-order valence-corrected chi connectivity index (χ4v) is 1.52. The number of hydrogen-bond acceptors (Lipinski definition) is 4. The van der Waals surface area contributed by atoms with Gasteiger partial charge < -0.3 is 11.1 Å². The summed E-state index contributed by atoms with van der Waals surface area (Å²) in [6.45, 7) is 5.11. The van der Waals surface area contributed by atoms with Gasteiger partial charge in [-0.1, -0.05) is 20.3 Å². The van der Waals surface area contributed by atoms with E-state index in [2.05, 4.69) is 10.6 Å². The molecule has 6 heteroatoms. The Morgan fingerprint density at radius 3 is 2.69 bits per heavy atom. The summed E-state index contributed by atoms with van der Waals surface area (Å²) in [5.74, 6) is -0.0150. The number of nitrogens with two attached hydrogens (primary N) is 1. The van der Waals surface area contributed by atoms with Crippen molar-refractivity contribution >= 4 is 23.7 Å². The number of carbonyl (C=O) groups is 2. The minimum atomic E-state index is -0.417. The number of unbranched alkanes of at least 4 members (excludes halogenated alkanes) is 1. The van der Waals surface area contributed by atoms with Gasteiger partial charge in [0.05, 0.1) is 5.75 Å². The van der Waals surface area contributed by atoms with Crippen molar-refractivity contribution in [3.05, 3.63) is 0 Å². The third-order valence-corrected chi connectivity index (χ3v) is 3.09. The van der Waals surface area contributed by atoms with E-state index in [4.69, 9.17) is 5.73 Å². The van der Waals surface area contributed by atoms with E-state index >= 15 is 0 Å². The standard InChI is InChI=1S/C10H21N3O2S/c1-3-4-5-12-10(15)13-9(14)7-16-8(2)6-11/h8H,3-7,11H2,1-2H3,(H2,12,13,14,15). The molecule has 3 amide bonds. The van der Waals surface area contributed by atoms with Crippen LogP contribution in [0.25, 0.3) is 0 Å². The molecule has 0 spiro atoms. The summed E-state index contributed by atoms with van der Waals surface area (Å²) in [4.78, 5) is 22.4. The lowest BCUT2D eigenvalue weighted by molar-refractivity contribution is -0.117. The van der Waals surface area contributed by atoms with Crippen LogP contribution in [-0.2, 0) is 4.79 Å². The third-order valence-electron chi connectivity index (χ3n) is 1.90. The molecule has 0 aromatic carbocycles. The molecule has 1 unspecified atom stereocenters. The number of thioether (sulfide) groups is 1. The SMILES string of the molecule is CCCCNC(=O)NC(=O)CSC(C)CN.